The monoisotopic (exact) mass is 166 g/mol. The van der Waals surface area contributed by atoms with E-state index in [1.54, 1.807) is 19.3 Å². The van der Waals surface area contributed by atoms with Crippen LogP contribution in [0.4, 0.5) is 0 Å². The molecule has 0 N–H and O–H groups in total. The summed E-state index contributed by atoms with van der Waals surface area (Å²) in [5.41, 5.74) is 0. The van der Waals surface area contributed by atoms with Gasteiger partial charge in [0.2, 0.25) is 0 Å². The Morgan fingerprint density at radius 2 is 1.92 bits per heavy atom. The number of rotatable bonds is 2. The van der Waals surface area contributed by atoms with Gasteiger partial charge in [-0.05, 0) is 36.5 Å². The van der Waals surface area contributed by atoms with E-state index in [1.807, 2.05) is 0 Å². The molecule has 4 unspecified atom stereocenters. The Morgan fingerprint density at radius 1 is 1.08 bits per heavy atom. The normalized spacial score (nSPS) is 46.5. The van der Waals surface area contributed by atoms with Gasteiger partial charge in [-0.2, -0.15) is 0 Å². The molecule has 0 heterocycles. The summed E-state index contributed by atoms with van der Waals surface area (Å²) in [5.74, 6) is 4.47. The van der Waals surface area contributed by atoms with Crippen molar-refractivity contribution in [2.75, 3.05) is 0 Å². The Kier molecular flexibility index (Phi) is 2.43. The Labute approximate surface area is 76.7 Å². The highest BCUT2D eigenvalue weighted by molar-refractivity contribution is 4.93. The molecule has 2 saturated carbocycles. The average Bonchev–Trinajstić information content (AvgIpc) is 2.61. The summed E-state index contributed by atoms with van der Waals surface area (Å²) in [5, 5.41) is 0. The first-order valence-corrected chi connectivity index (χ1v) is 5.86. The Hall–Kier alpha value is 0. The predicted octanol–water partition coefficient (Wildman–Crippen LogP) is 3.86. The first-order chi connectivity index (χ1) is 5.86. The van der Waals surface area contributed by atoms with Gasteiger partial charge in [0.1, 0.15) is 0 Å². The highest BCUT2D eigenvalue weighted by atomic mass is 14.5. The summed E-state index contributed by atoms with van der Waals surface area (Å²) in [6.07, 6.45) is 9.09. The maximum atomic E-state index is 2.40. The van der Waals surface area contributed by atoms with Crippen molar-refractivity contribution < 1.29 is 0 Å². The summed E-state index contributed by atoms with van der Waals surface area (Å²) < 4.78 is 0. The fourth-order valence-corrected chi connectivity index (χ4v) is 3.94. The zero-order valence-corrected chi connectivity index (χ0v) is 8.55. The van der Waals surface area contributed by atoms with Crippen molar-refractivity contribution in [1.82, 2.24) is 0 Å². The molecule has 12 heavy (non-hydrogen) atoms. The van der Waals surface area contributed by atoms with E-state index >= 15 is 0 Å². The quantitative estimate of drug-likeness (QED) is 0.584. The second-order valence-electron chi connectivity index (χ2n) is 4.83. The molecule has 0 amide bonds. The Morgan fingerprint density at radius 3 is 2.58 bits per heavy atom. The van der Waals surface area contributed by atoms with Gasteiger partial charge in [-0.1, -0.05) is 39.5 Å². The zero-order chi connectivity index (χ0) is 8.55. The van der Waals surface area contributed by atoms with Crippen LogP contribution in [0.2, 0.25) is 0 Å². The number of fused-ring (bicyclic) bond motifs is 1. The molecule has 0 spiro atoms. The van der Waals surface area contributed by atoms with Crippen molar-refractivity contribution in [3.05, 3.63) is 0 Å². The van der Waals surface area contributed by atoms with Gasteiger partial charge < -0.3 is 0 Å². The van der Waals surface area contributed by atoms with Gasteiger partial charge in [0.05, 0.1) is 0 Å². The second kappa shape index (κ2) is 3.40. The number of hydrogen-bond donors (Lipinski definition) is 0. The van der Waals surface area contributed by atoms with E-state index < -0.39 is 0 Å². The molecular formula is C12H22. The Bertz CT molecular complexity index is 150. The molecule has 70 valence electrons. The fraction of sp³-hybridized carbons (Fsp3) is 1.00. The van der Waals surface area contributed by atoms with Gasteiger partial charge in [0.15, 0.2) is 0 Å². The summed E-state index contributed by atoms with van der Waals surface area (Å²) in [7, 11) is 0. The SMILES string of the molecule is CCC1CC2CCCC2C1CC. The molecule has 0 aromatic rings. The van der Waals surface area contributed by atoms with Crippen molar-refractivity contribution >= 4 is 0 Å². The van der Waals surface area contributed by atoms with E-state index in [2.05, 4.69) is 13.8 Å². The first-order valence-electron chi connectivity index (χ1n) is 5.86. The largest absolute Gasteiger partial charge is 0.0651 e. The van der Waals surface area contributed by atoms with Gasteiger partial charge in [-0.15, -0.1) is 0 Å². The zero-order valence-electron chi connectivity index (χ0n) is 8.55. The van der Waals surface area contributed by atoms with Crippen LogP contribution in [-0.2, 0) is 0 Å². The number of hydrogen-bond acceptors (Lipinski definition) is 0. The van der Waals surface area contributed by atoms with Crippen molar-refractivity contribution in [2.45, 2.75) is 52.4 Å². The third-order valence-electron chi connectivity index (χ3n) is 4.47. The molecule has 0 aromatic carbocycles. The Balaban J connectivity index is 2.05. The van der Waals surface area contributed by atoms with E-state index in [0.29, 0.717) is 0 Å². The van der Waals surface area contributed by atoms with Crippen molar-refractivity contribution in [2.24, 2.45) is 23.7 Å². The summed E-state index contributed by atoms with van der Waals surface area (Å²) in [6.45, 7) is 4.78. The molecule has 0 heteroatoms. The average molecular weight is 166 g/mol. The third kappa shape index (κ3) is 1.20. The van der Waals surface area contributed by atoms with Crippen LogP contribution in [0.1, 0.15) is 52.4 Å². The molecule has 0 aromatic heterocycles. The van der Waals surface area contributed by atoms with Crippen LogP contribution in [0.15, 0.2) is 0 Å². The van der Waals surface area contributed by atoms with E-state index in [9.17, 15) is 0 Å². The van der Waals surface area contributed by atoms with Crippen LogP contribution in [0.25, 0.3) is 0 Å². The summed E-state index contributed by atoms with van der Waals surface area (Å²) >= 11 is 0. The molecule has 0 nitrogen and oxygen atoms in total. The minimum Gasteiger partial charge on any atom is -0.0651 e. The molecule has 2 aliphatic rings. The van der Waals surface area contributed by atoms with Gasteiger partial charge >= 0.3 is 0 Å². The van der Waals surface area contributed by atoms with Gasteiger partial charge in [-0.25, -0.2) is 0 Å². The van der Waals surface area contributed by atoms with Gasteiger partial charge in [0, 0.05) is 0 Å². The summed E-state index contributed by atoms with van der Waals surface area (Å²) in [6, 6.07) is 0. The smallest absolute Gasteiger partial charge is 0.0355 e. The molecule has 0 aliphatic heterocycles. The van der Waals surface area contributed by atoms with Crippen molar-refractivity contribution in [3.8, 4) is 0 Å². The maximum absolute atomic E-state index is 2.40. The lowest BCUT2D eigenvalue weighted by Crippen LogP contribution is -2.13. The standard InChI is InChI=1S/C12H22/c1-3-9-8-10-6-5-7-12(10)11(9)4-2/h9-12H,3-8H2,1-2H3. The topological polar surface area (TPSA) is 0 Å². The van der Waals surface area contributed by atoms with E-state index in [0.717, 1.165) is 23.7 Å². The van der Waals surface area contributed by atoms with Crippen LogP contribution >= 0.6 is 0 Å². The molecule has 2 aliphatic carbocycles. The lowest BCUT2D eigenvalue weighted by Gasteiger charge is -2.21. The van der Waals surface area contributed by atoms with Crippen LogP contribution in [0, 0.1) is 23.7 Å². The van der Waals surface area contributed by atoms with E-state index in [1.165, 1.54) is 19.3 Å². The van der Waals surface area contributed by atoms with Crippen molar-refractivity contribution in [1.29, 1.82) is 0 Å². The maximum Gasteiger partial charge on any atom is -0.0355 e. The summed E-state index contributed by atoms with van der Waals surface area (Å²) in [4.78, 5) is 0. The van der Waals surface area contributed by atoms with Crippen LogP contribution in [0.5, 0.6) is 0 Å². The lowest BCUT2D eigenvalue weighted by molar-refractivity contribution is 0.286. The van der Waals surface area contributed by atoms with Gasteiger partial charge in [0.25, 0.3) is 0 Å². The van der Waals surface area contributed by atoms with E-state index in [4.69, 9.17) is 0 Å². The fourth-order valence-electron chi connectivity index (χ4n) is 3.94. The van der Waals surface area contributed by atoms with Gasteiger partial charge in [-0.3, -0.25) is 0 Å². The van der Waals surface area contributed by atoms with Crippen LogP contribution in [0.3, 0.4) is 0 Å². The predicted molar refractivity (Wildman–Crippen MR) is 53.0 cm³/mol. The first kappa shape index (κ1) is 8.59. The minimum atomic E-state index is 1.09. The highest BCUT2D eigenvalue weighted by Gasteiger charge is 2.43. The second-order valence-corrected chi connectivity index (χ2v) is 4.83. The molecule has 2 fully saturated rings. The molecule has 2 rings (SSSR count). The van der Waals surface area contributed by atoms with E-state index in [-0.39, 0.29) is 0 Å². The highest BCUT2D eigenvalue weighted by Crippen LogP contribution is 2.52. The lowest BCUT2D eigenvalue weighted by atomic mass is 9.84. The molecule has 4 atom stereocenters. The van der Waals surface area contributed by atoms with Crippen molar-refractivity contribution in [3.63, 3.8) is 0 Å². The minimum absolute atomic E-state index is 1.09. The molecule has 0 radical (unpaired) electrons. The molecule has 0 bridgehead atoms. The van der Waals surface area contributed by atoms with Crippen LogP contribution in [-0.4, -0.2) is 0 Å². The van der Waals surface area contributed by atoms with Crippen LogP contribution < -0.4 is 0 Å². The molecule has 0 saturated heterocycles. The molecular weight excluding hydrogens is 144 g/mol. The third-order valence-corrected chi connectivity index (χ3v) is 4.47.